The predicted octanol–water partition coefficient (Wildman–Crippen LogP) is 2.92. The molecule has 86 valence electrons. The van der Waals surface area contributed by atoms with E-state index in [2.05, 4.69) is 20.1 Å². The van der Waals surface area contributed by atoms with E-state index >= 15 is 0 Å². The first-order valence-electron chi connectivity index (χ1n) is 6.61. The summed E-state index contributed by atoms with van der Waals surface area (Å²) < 4.78 is 0. The average Bonchev–Trinajstić information content (AvgIpc) is 2.89. The molecule has 0 aromatic carbocycles. The van der Waals surface area contributed by atoms with E-state index in [0.717, 1.165) is 0 Å². The minimum atomic E-state index is -0.488. The van der Waals surface area contributed by atoms with Gasteiger partial charge in [0.25, 0.3) is 0 Å². The Morgan fingerprint density at radius 1 is 1.12 bits per heavy atom. The van der Waals surface area contributed by atoms with Crippen LogP contribution in [0.25, 0.3) is 0 Å². The molecule has 0 amide bonds. The van der Waals surface area contributed by atoms with Gasteiger partial charge in [0.2, 0.25) is 0 Å². The third-order valence-corrected chi connectivity index (χ3v) is 6.30. The predicted molar refractivity (Wildman–Crippen MR) is 63.8 cm³/mol. The van der Waals surface area contributed by atoms with Gasteiger partial charge in [-0.2, -0.15) is 0 Å². The van der Waals surface area contributed by atoms with Crippen molar-refractivity contribution in [1.29, 1.82) is 0 Å². The average molecular weight is 216 g/mol. The molecule has 4 bridgehead atoms. The SMILES string of the molecule is C=C1[C@H]2C(=C)[C@H]3[C@@H]1C(C)(O)[C@@H]2C31CCCC1. The van der Waals surface area contributed by atoms with Crippen LogP contribution in [0.5, 0.6) is 0 Å². The van der Waals surface area contributed by atoms with E-state index in [1.165, 1.54) is 36.8 Å². The summed E-state index contributed by atoms with van der Waals surface area (Å²) in [6.45, 7) is 10.6. The second-order valence-corrected chi connectivity index (χ2v) is 6.73. The second-order valence-electron chi connectivity index (χ2n) is 6.73. The molecule has 5 aliphatic carbocycles. The highest BCUT2D eigenvalue weighted by molar-refractivity contribution is 5.50. The van der Waals surface area contributed by atoms with Gasteiger partial charge in [-0.05, 0) is 31.1 Å². The van der Waals surface area contributed by atoms with E-state index in [1.807, 2.05) is 0 Å². The van der Waals surface area contributed by atoms with Crippen molar-refractivity contribution in [3.8, 4) is 0 Å². The zero-order valence-corrected chi connectivity index (χ0v) is 10.00. The summed E-state index contributed by atoms with van der Waals surface area (Å²) in [4.78, 5) is 0. The first-order valence-corrected chi connectivity index (χ1v) is 6.61. The summed E-state index contributed by atoms with van der Waals surface area (Å²) in [7, 11) is 0. The molecule has 0 aliphatic heterocycles. The lowest BCUT2D eigenvalue weighted by Crippen LogP contribution is -2.36. The number of rotatable bonds is 0. The van der Waals surface area contributed by atoms with Crippen molar-refractivity contribution >= 4 is 0 Å². The monoisotopic (exact) mass is 216 g/mol. The fourth-order valence-electron chi connectivity index (χ4n) is 6.19. The summed E-state index contributed by atoms with van der Waals surface area (Å²) >= 11 is 0. The molecule has 0 saturated heterocycles. The molecule has 5 saturated carbocycles. The summed E-state index contributed by atoms with van der Waals surface area (Å²) in [5, 5.41) is 10.8. The third-order valence-electron chi connectivity index (χ3n) is 6.30. The summed E-state index contributed by atoms with van der Waals surface area (Å²) in [5.74, 6) is 1.78. The van der Waals surface area contributed by atoms with Gasteiger partial charge in [0.05, 0.1) is 5.60 Å². The minimum Gasteiger partial charge on any atom is -0.389 e. The molecule has 1 nitrogen and oxygen atoms in total. The van der Waals surface area contributed by atoms with Gasteiger partial charge in [-0.25, -0.2) is 0 Å². The van der Waals surface area contributed by atoms with E-state index in [4.69, 9.17) is 0 Å². The molecule has 5 aliphatic rings. The van der Waals surface area contributed by atoms with Crippen LogP contribution in [0.3, 0.4) is 0 Å². The largest absolute Gasteiger partial charge is 0.389 e. The van der Waals surface area contributed by atoms with Crippen LogP contribution < -0.4 is 0 Å². The molecule has 1 unspecified atom stereocenters. The molecule has 0 aromatic rings. The molecule has 5 fully saturated rings. The summed E-state index contributed by atoms with van der Waals surface area (Å²) in [6.07, 6.45) is 5.33. The molecule has 1 N–H and O–H groups in total. The first-order chi connectivity index (χ1) is 7.52. The van der Waals surface area contributed by atoms with Crippen molar-refractivity contribution in [3.63, 3.8) is 0 Å². The number of hydrogen-bond donors (Lipinski definition) is 1. The summed E-state index contributed by atoms with van der Waals surface area (Å²) in [6, 6.07) is 0. The normalized spacial score (nSPS) is 56.1. The van der Waals surface area contributed by atoms with Crippen LogP contribution in [0.4, 0.5) is 0 Å². The number of hydrogen-bond acceptors (Lipinski definition) is 1. The maximum Gasteiger partial charge on any atom is 0.0733 e. The van der Waals surface area contributed by atoms with Crippen LogP contribution in [0, 0.1) is 29.1 Å². The Bertz CT molecular complexity index is 411. The van der Waals surface area contributed by atoms with Crippen LogP contribution in [0.15, 0.2) is 24.3 Å². The van der Waals surface area contributed by atoms with E-state index < -0.39 is 5.60 Å². The minimum absolute atomic E-state index is 0.327. The lowest BCUT2D eigenvalue weighted by Gasteiger charge is -2.34. The number of aliphatic hydroxyl groups is 1. The molecule has 5 atom stereocenters. The van der Waals surface area contributed by atoms with E-state index in [-0.39, 0.29) is 0 Å². The third kappa shape index (κ3) is 0.653. The van der Waals surface area contributed by atoms with E-state index in [0.29, 0.717) is 29.1 Å². The smallest absolute Gasteiger partial charge is 0.0733 e. The van der Waals surface area contributed by atoms with Crippen LogP contribution in [0.1, 0.15) is 32.6 Å². The highest BCUT2D eigenvalue weighted by Gasteiger charge is 2.79. The Labute approximate surface area is 97.2 Å². The van der Waals surface area contributed by atoms with E-state index in [9.17, 15) is 5.11 Å². The van der Waals surface area contributed by atoms with Crippen molar-refractivity contribution in [2.45, 2.75) is 38.2 Å². The molecule has 5 rings (SSSR count). The molecule has 1 spiro atoms. The number of allylic oxidation sites excluding steroid dienone is 1. The van der Waals surface area contributed by atoms with Gasteiger partial charge in [-0.15, -0.1) is 0 Å². The molecule has 1 heteroatoms. The second kappa shape index (κ2) is 2.33. The Balaban J connectivity index is 1.94. The fourth-order valence-corrected chi connectivity index (χ4v) is 6.19. The van der Waals surface area contributed by atoms with Gasteiger partial charge in [0.1, 0.15) is 0 Å². The maximum atomic E-state index is 10.8. The quantitative estimate of drug-likeness (QED) is 0.617. The Morgan fingerprint density at radius 2 is 1.69 bits per heavy atom. The van der Waals surface area contributed by atoms with Gasteiger partial charge >= 0.3 is 0 Å². The lowest BCUT2D eigenvalue weighted by molar-refractivity contribution is -0.0143. The Morgan fingerprint density at radius 3 is 2.19 bits per heavy atom. The van der Waals surface area contributed by atoms with Crippen molar-refractivity contribution in [2.24, 2.45) is 29.1 Å². The summed E-state index contributed by atoms with van der Waals surface area (Å²) in [5.41, 5.74) is 2.63. The highest BCUT2D eigenvalue weighted by atomic mass is 16.3. The van der Waals surface area contributed by atoms with Crippen molar-refractivity contribution in [3.05, 3.63) is 24.3 Å². The van der Waals surface area contributed by atoms with Crippen LogP contribution in [-0.2, 0) is 0 Å². The Kier molecular flexibility index (Phi) is 1.38. The first kappa shape index (κ1) is 9.47. The van der Waals surface area contributed by atoms with Gasteiger partial charge in [0.15, 0.2) is 0 Å². The maximum absolute atomic E-state index is 10.8. The van der Waals surface area contributed by atoms with Gasteiger partial charge in [-0.3, -0.25) is 0 Å². The molecule has 16 heavy (non-hydrogen) atoms. The fraction of sp³-hybridized carbons (Fsp3) is 0.733. The zero-order valence-electron chi connectivity index (χ0n) is 10.00. The molecular formula is C15H20O. The standard InChI is InChI=1S/C15H20O/c1-8-10-9(2)12-11(8)14(3,16)13(10)15(12)6-4-5-7-15/h10-13,16H,1-2,4-7H2,3H3/t10-,11+,12-,13+,14?/m0/s1. The van der Waals surface area contributed by atoms with Gasteiger partial charge in [0, 0.05) is 17.8 Å². The topological polar surface area (TPSA) is 20.2 Å². The molecule has 0 aromatic heterocycles. The molecule has 0 heterocycles. The van der Waals surface area contributed by atoms with Crippen LogP contribution >= 0.6 is 0 Å². The van der Waals surface area contributed by atoms with Crippen LogP contribution in [0.2, 0.25) is 0 Å². The van der Waals surface area contributed by atoms with Crippen molar-refractivity contribution in [1.82, 2.24) is 0 Å². The zero-order chi connectivity index (χ0) is 11.3. The molecular weight excluding hydrogens is 196 g/mol. The van der Waals surface area contributed by atoms with Gasteiger partial charge in [-0.1, -0.05) is 37.1 Å². The van der Waals surface area contributed by atoms with Gasteiger partial charge < -0.3 is 5.11 Å². The van der Waals surface area contributed by atoms with E-state index in [1.54, 1.807) is 0 Å². The lowest BCUT2D eigenvalue weighted by atomic mass is 9.70. The van der Waals surface area contributed by atoms with Crippen molar-refractivity contribution in [2.75, 3.05) is 0 Å². The molecule has 0 radical (unpaired) electrons. The van der Waals surface area contributed by atoms with Crippen LogP contribution in [-0.4, -0.2) is 10.7 Å². The van der Waals surface area contributed by atoms with Crippen molar-refractivity contribution < 1.29 is 5.11 Å². The Hall–Kier alpha value is -0.560. The highest BCUT2D eigenvalue weighted by Crippen LogP contribution is 2.81.